The number of quaternary nitrogens is 1. The minimum Gasteiger partial charge on any atom is -0.378 e. The third kappa shape index (κ3) is 4.52. The maximum Gasteiger partial charge on any atom is 0.261 e. The molecule has 1 aromatic heterocycles. The van der Waals surface area contributed by atoms with E-state index in [1.165, 1.54) is 38.6 Å². The summed E-state index contributed by atoms with van der Waals surface area (Å²) in [5.74, 6) is 0.0201. The van der Waals surface area contributed by atoms with Crippen LogP contribution in [0.1, 0.15) is 32.4 Å². The molecule has 0 fully saturated rings. The van der Waals surface area contributed by atoms with Gasteiger partial charge in [0.05, 0.1) is 18.0 Å². The fraction of sp³-hybridized carbons (Fsp3) is 0.292. The Morgan fingerprint density at radius 1 is 1.07 bits per heavy atom. The largest absolute Gasteiger partial charge is 0.378 e. The number of carbonyl (C=O) groups is 1. The van der Waals surface area contributed by atoms with Gasteiger partial charge in [0.1, 0.15) is 12.6 Å². The smallest absolute Gasteiger partial charge is 0.261 e. The minimum atomic E-state index is 0.0201. The van der Waals surface area contributed by atoms with Gasteiger partial charge in [-0.05, 0) is 29.1 Å². The molecule has 0 saturated heterocycles. The highest BCUT2D eigenvalue weighted by molar-refractivity contribution is 7.12. The predicted molar refractivity (Wildman–Crippen MR) is 120 cm³/mol. The van der Waals surface area contributed by atoms with E-state index in [0.29, 0.717) is 6.54 Å². The van der Waals surface area contributed by atoms with Crippen molar-refractivity contribution in [2.75, 3.05) is 32.1 Å². The molecule has 1 amide bonds. The lowest BCUT2D eigenvalue weighted by Gasteiger charge is -2.33. The summed E-state index contributed by atoms with van der Waals surface area (Å²) in [4.78, 5) is 16.9. The average Bonchev–Trinajstić information content (AvgIpc) is 3.29. The number of amides is 1. The van der Waals surface area contributed by atoms with Crippen LogP contribution in [0.5, 0.6) is 0 Å². The van der Waals surface area contributed by atoms with Crippen molar-refractivity contribution in [1.82, 2.24) is 5.32 Å². The first kappa shape index (κ1) is 19.7. The van der Waals surface area contributed by atoms with Gasteiger partial charge >= 0.3 is 0 Å². The van der Waals surface area contributed by atoms with E-state index in [2.05, 4.69) is 72.8 Å². The molecule has 0 bridgehead atoms. The predicted octanol–water partition coefficient (Wildman–Crippen LogP) is 2.93. The molecular formula is C24H28N3OS+. The van der Waals surface area contributed by atoms with Gasteiger partial charge in [0.15, 0.2) is 0 Å². The number of carbonyl (C=O) groups excluding carboxylic acids is 1. The van der Waals surface area contributed by atoms with Gasteiger partial charge in [-0.15, -0.1) is 11.3 Å². The summed E-state index contributed by atoms with van der Waals surface area (Å²) in [5, 5.41) is 5.13. The monoisotopic (exact) mass is 406 g/mol. The Hall–Kier alpha value is -2.63. The maximum absolute atomic E-state index is 12.5. The molecule has 2 aromatic carbocycles. The lowest BCUT2D eigenvalue weighted by molar-refractivity contribution is -0.945. The van der Waals surface area contributed by atoms with Gasteiger partial charge < -0.3 is 15.1 Å². The highest BCUT2D eigenvalue weighted by Gasteiger charge is 2.29. The number of thiophene rings is 1. The van der Waals surface area contributed by atoms with Gasteiger partial charge in [0, 0.05) is 37.3 Å². The van der Waals surface area contributed by atoms with Gasteiger partial charge in [0.2, 0.25) is 0 Å². The molecule has 2 N–H and O–H groups in total. The molecule has 1 unspecified atom stereocenters. The lowest BCUT2D eigenvalue weighted by Crippen LogP contribution is -3.12. The minimum absolute atomic E-state index is 0.0201. The van der Waals surface area contributed by atoms with Crippen LogP contribution in [0.25, 0.3) is 0 Å². The number of nitrogens with one attached hydrogen (secondary N) is 2. The van der Waals surface area contributed by atoms with Crippen LogP contribution in [0.2, 0.25) is 0 Å². The molecule has 150 valence electrons. The maximum atomic E-state index is 12.5. The standard InChI is InChI=1S/C24H27N3OS/c1-26(2)21-11-9-19(10-12-21)22(16-25-24(28)23-8-5-15-29-23)27-14-13-18-6-3-4-7-20(18)17-27/h3-12,15,22H,13-14,16-17H2,1-2H3,(H,25,28)/p+1/t22-/m1/s1. The fourth-order valence-electron chi connectivity index (χ4n) is 4.09. The van der Waals surface area contributed by atoms with E-state index in [1.807, 2.05) is 17.5 Å². The molecular weight excluding hydrogens is 378 g/mol. The molecule has 5 heteroatoms. The van der Waals surface area contributed by atoms with Crippen LogP contribution in [0, 0.1) is 0 Å². The summed E-state index contributed by atoms with van der Waals surface area (Å²) >= 11 is 1.49. The zero-order valence-electron chi connectivity index (χ0n) is 17.0. The molecule has 1 aliphatic rings. The van der Waals surface area contributed by atoms with Crippen molar-refractivity contribution in [1.29, 1.82) is 0 Å². The summed E-state index contributed by atoms with van der Waals surface area (Å²) in [6.07, 6.45) is 1.08. The van der Waals surface area contributed by atoms with Crippen LogP contribution in [0.15, 0.2) is 66.0 Å². The number of fused-ring (bicyclic) bond motifs is 1. The van der Waals surface area contributed by atoms with Gasteiger partial charge in [-0.2, -0.15) is 0 Å². The Morgan fingerprint density at radius 3 is 2.52 bits per heavy atom. The van der Waals surface area contributed by atoms with E-state index in [-0.39, 0.29) is 11.9 Å². The lowest BCUT2D eigenvalue weighted by atomic mass is 9.96. The summed E-state index contributed by atoms with van der Waals surface area (Å²) in [6, 6.07) is 21.5. The fourth-order valence-corrected chi connectivity index (χ4v) is 4.73. The first-order valence-electron chi connectivity index (χ1n) is 10.1. The van der Waals surface area contributed by atoms with Crippen molar-refractivity contribution < 1.29 is 9.69 Å². The normalized spacial score (nSPS) is 16.7. The zero-order chi connectivity index (χ0) is 20.2. The van der Waals surface area contributed by atoms with Gasteiger partial charge in [-0.25, -0.2) is 0 Å². The topological polar surface area (TPSA) is 36.8 Å². The number of hydrogen-bond donors (Lipinski definition) is 2. The Kier molecular flexibility index (Phi) is 5.97. The van der Waals surface area contributed by atoms with Gasteiger partial charge in [0.25, 0.3) is 5.91 Å². The molecule has 4 rings (SSSR count). The second kappa shape index (κ2) is 8.80. The number of nitrogens with zero attached hydrogens (tertiary/aromatic N) is 1. The highest BCUT2D eigenvalue weighted by atomic mass is 32.1. The molecule has 4 nitrogen and oxygen atoms in total. The van der Waals surface area contributed by atoms with Crippen molar-refractivity contribution in [3.05, 3.63) is 87.6 Å². The van der Waals surface area contributed by atoms with Crippen molar-refractivity contribution in [3.8, 4) is 0 Å². The Morgan fingerprint density at radius 2 is 1.83 bits per heavy atom. The van der Waals surface area contributed by atoms with E-state index in [4.69, 9.17) is 0 Å². The van der Waals surface area contributed by atoms with Crippen molar-refractivity contribution in [3.63, 3.8) is 0 Å². The number of rotatable bonds is 6. The number of benzene rings is 2. The van der Waals surface area contributed by atoms with E-state index in [9.17, 15) is 4.79 Å². The van der Waals surface area contributed by atoms with Crippen molar-refractivity contribution in [2.45, 2.75) is 19.0 Å². The van der Waals surface area contributed by atoms with E-state index >= 15 is 0 Å². The quantitative estimate of drug-likeness (QED) is 0.660. The first-order chi connectivity index (χ1) is 14.1. The SMILES string of the molecule is CN(C)c1ccc([C@@H](CNC(=O)c2cccs2)[NH+]2CCc3ccccc3C2)cc1. The van der Waals surface area contributed by atoms with Gasteiger partial charge in [-0.3, -0.25) is 4.79 Å². The molecule has 0 aliphatic carbocycles. The highest BCUT2D eigenvalue weighted by Crippen LogP contribution is 2.19. The van der Waals surface area contributed by atoms with Gasteiger partial charge in [-0.1, -0.05) is 42.5 Å². The van der Waals surface area contributed by atoms with Crippen LogP contribution in [-0.4, -0.2) is 33.1 Å². The van der Waals surface area contributed by atoms with Crippen LogP contribution in [0.4, 0.5) is 5.69 Å². The van der Waals surface area contributed by atoms with E-state index < -0.39 is 0 Å². The molecule has 0 saturated carbocycles. The second-order valence-electron chi connectivity index (χ2n) is 7.83. The molecule has 0 radical (unpaired) electrons. The second-order valence-corrected chi connectivity index (χ2v) is 8.78. The van der Waals surface area contributed by atoms with Crippen LogP contribution >= 0.6 is 11.3 Å². The molecule has 3 aromatic rings. The molecule has 2 heterocycles. The van der Waals surface area contributed by atoms with Crippen LogP contribution in [-0.2, 0) is 13.0 Å². The summed E-state index contributed by atoms with van der Waals surface area (Å²) < 4.78 is 0. The van der Waals surface area contributed by atoms with Crippen LogP contribution < -0.4 is 15.1 Å². The first-order valence-corrected chi connectivity index (χ1v) is 11.0. The third-order valence-electron chi connectivity index (χ3n) is 5.77. The molecule has 2 atom stereocenters. The van der Waals surface area contributed by atoms with Crippen LogP contribution in [0.3, 0.4) is 0 Å². The van der Waals surface area contributed by atoms with Crippen molar-refractivity contribution in [2.24, 2.45) is 0 Å². The molecule has 0 spiro atoms. The Balaban J connectivity index is 1.56. The zero-order valence-corrected chi connectivity index (χ0v) is 17.8. The molecule has 29 heavy (non-hydrogen) atoms. The molecule has 1 aliphatic heterocycles. The number of anilines is 1. The van der Waals surface area contributed by atoms with E-state index in [0.717, 1.165) is 24.4 Å². The summed E-state index contributed by atoms with van der Waals surface area (Å²) in [5.41, 5.74) is 5.35. The van der Waals surface area contributed by atoms with E-state index in [1.54, 1.807) is 0 Å². The Bertz CT molecular complexity index is 951. The Labute approximate surface area is 176 Å². The number of hydrogen-bond acceptors (Lipinski definition) is 3. The summed E-state index contributed by atoms with van der Waals surface area (Å²) in [6.45, 7) is 2.70. The van der Waals surface area contributed by atoms with Crippen molar-refractivity contribution >= 4 is 22.9 Å². The average molecular weight is 407 g/mol. The third-order valence-corrected chi connectivity index (χ3v) is 6.64. The summed E-state index contributed by atoms with van der Waals surface area (Å²) in [7, 11) is 4.11.